The van der Waals surface area contributed by atoms with E-state index in [1.54, 1.807) is 7.11 Å². The van der Waals surface area contributed by atoms with Gasteiger partial charge in [-0.05, 0) is 62.0 Å². The summed E-state index contributed by atoms with van der Waals surface area (Å²) in [5.41, 5.74) is 0.853. The van der Waals surface area contributed by atoms with Crippen LogP contribution >= 0.6 is 0 Å². The average Bonchev–Trinajstić information content (AvgIpc) is 3.22. The molecule has 3 rings (SSSR count). The summed E-state index contributed by atoms with van der Waals surface area (Å²) >= 11 is 0. The Balaban J connectivity index is 1.46. The zero-order chi connectivity index (χ0) is 21.5. The Kier molecular flexibility index (Phi) is 7.85. The molecule has 1 saturated heterocycles. The molecule has 1 aliphatic rings. The van der Waals surface area contributed by atoms with Crippen molar-refractivity contribution in [1.29, 1.82) is 0 Å². The summed E-state index contributed by atoms with van der Waals surface area (Å²) in [6.45, 7) is 9.71. The first-order valence-electron chi connectivity index (χ1n) is 10.9. The summed E-state index contributed by atoms with van der Waals surface area (Å²) in [6, 6.07) is 7.85. The third-order valence-electron chi connectivity index (χ3n) is 5.95. The van der Waals surface area contributed by atoms with Crippen LogP contribution in [-0.4, -0.2) is 53.7 Å². The summed E-state index contributed by atoms with van der Waals surface area (Å²) < 4.78 is 10.5. The van der Waals surface area contributed by atoms with Gasteiger partial charge in [0.2, 0.25) is 17.6 Å². The van der Waals surface area contributed by atoms with Crippen molar-refractivity contribution in [3.63, 3.8) is 0 Å². The molecule has 1 fully saturated rings. The second-order valence-electron chi connectivity index (χ2n) is 8.57. The largest absolute Gasteiger partial charge is 0.497 e. The minimum atomic E-state index is 0.0234. The molecular weight excluding hydrogens is 380 g/mol. The van der Waals surface area contributed by atoms with Crippen LogP contribution in [0.5, 0.6) is 5.75 Å². The lowest BCUT2D eigenvalue weighted by Gasteiger charge is -2.38. The van der Waals surface area contributed by atoms with Crippen molar-refractivity contribution >= 4 is 5.91 Å². The third-order valence-corrected chi connectivity index (χ3v) is 5.95. The number of nitrogens with one attached hydrogen (secondary N) is 1. The molecule has 1 amide bonds. The summed E-state index contributed by atoms with van der Waals surface area (Å²) in [6.07, 6.45) is 3.25. The van der Waals surface area contributed by atoms with Gasteiger partial charge < -0.3 is 14.6 Å². The molecule has 7 heteroatoms. The maximum absolute atomic E-state index is 12.4. The minimum Gasteiger partial charge on any atom is -0.497 e. The number of piperidine rings is 1. The van der Waals surface area contributed by atoms with Crippen molar-refractivity contribution in [2.45, 2.75) is 52.5 Å². The number of nitrogens with zero attached hydrogens (tertiary/aromatic N) is 3. The Morgan fingerprint density at radius 3 is 2.60 bits per heavy atom. The fourth-order valence-electron chi connectivity index (χ4n) is 3.89. The lowest BCUT2D eigenvalue weighted by molar-refractivity contribution is -0.121. The van der Waals surface area contributed by atoms with E-state index in [2.05, 4.69) is 41.1 Å². The number of carbonyl (C=O) groups excluding carboxylic acids is 1. The average molecular weight is 415 g/mol. The highest BCUT2D eigenvalue weighted by Gasteiger charge is 2.26. The van der Waals surface area contributed by atoms with Gasteiger partial charge in [0.15, 0.2) is 0 Å². The highest BCUT2D eigenvalue weighted by molar-refractivity contribution is 5.76. The van der Waals surface area contributed by atoms with E-state index in [4.69, 9.17) is 9.26 Å². The molecule has 7 nitrogen and oxygen atoms in total. The van der Waals surface area contributed by atoms with Gasteiger partial charge in [-0.1, -0.05) is 25.9 Å². The number of hydrogen-bond donors (Lipinski definition) is 1. The van der Waals surface area contributed by atoms with E-state index in [0.29, 0.717) is 43.1 Å². The molecule has 0 bridgehead atoms. The van der Waals surface area contributed by atoms with Gasteiger partial charge in [-0.25, -0.2) is 0 Å². The van der Waals surface area contributed by atoms with Gasteiger partial charge in [0, 0.05) is 31.0 Å². The first kappa shape index (κ1) is 22.3. The van der Waals surface area contributed by atoms with Crippen LogP contribution in [0.2, 0.25) is 0 Å². The van der Waals surface area contributed by atoms with Gasteiger partial charge >= 0.3 is 0 Å². The maximum atomic E-state index is 12.4. The molecule has 1 aromatic carbocycles. The van der Waals surface area contributed by atoms with Gasteiger partial charge in [-0.15, -0.1) is 0 Å². The fraction of sp³-hybridized carbons (Fsp3) is 0.609. The number of carbonyl (C=O) groups is 1. The predicted octanol–water partition coefficient (Wildman–Crippen LogP) is 3.55. The molecule has 0 spiro atoms. The summed E-state index contributed by atoms with van der Waals surface area (Å²) in [5, 5.41) is 7.13. The second-order valence-corrected chi connectivity index (χ2v) is 8.57. The van der Waals surface area contributed by atoms with Crippen LogP contribution in [0, 0.1) is 11.8 Å². The number of aryl methyl sites for hydroxylation is 1. The van der Waals surface area contributed by atoms with Crippen molar-refractivity contribution in [3.05, 3.63) is 30.2 Å². The maximum Gasteiger partial charge on any atom is 0.227 e. The lowest BCUT2D eigenvalue weighted by atomic mass is 9.94. The zero-order valence-corrected chi connectivity index (χ0v) is 18.6. The van der Waals surface area contributed by atoms with E-state index in [0.717, 1.165) is 30.3 Å². The first-order valence-corrected chi connectivity index (χ1v) is 10.9. The second kappa shape index (κ2) is 10.6. The Hall–Kier alpha value is -2.41. The number of rotatable bonds is 9. The molecule has 30 heavy (non-hydrogen) atoms. The van der Waals surface area contributed by atoms with E-state index >= 15 is 0 Å². The third kappa shape index (κ3) is 6.05. The molecule has 0 radical (unpaired) electrons. The molecule has 164 valence electrons. The smallest absolute Gasteiger partial charge is 0.227 e. The van der Waals surface area contributed by atoms with E-state index < -0.39 is 0 Å². The predicted molar refractivity (Wildman–Crippen MR) is 116 cm³/mol. The molecule has 1 atom stereocenters. The number of hydrogen-bond acceptors (Lipinski definition) is 6. The topological polar surface area (TPSA) is 80.5 Å². The van der Waals surface area contributed by atoms with Crippen molar-refractivity contribution < 1.29 is 14.1 Å². The number of methoxy groups -OCH3 is 1. The Morgan fingerprint density at radius 2 is 1.97 bits per heavy atom. The number of ether oxygens (including phenoxy) is 1. The normalized spacial score (nSPS) is 16.6. The van der Waals surface area contributed by atoms with E-state index in [1.165, 1.54) is 12.8 Å². The molecular formula is C23H34N4O3. The first-order chi connectivity index (χ1) is 14.5. The quantitative estimate of drug-likeness (QED) is 0.676. The summed E-state index contributed by atoms with van der Waals surface area (Å²) in [5.74, 6) is 3.10. The van der Waals surface area contributed by atoms with Gasteiger partial charge in [0.05, 0.1) is 7.11 Å². The van der Waals surface area contributed by atoms with Gasteiger partial charge in [0.25, 0.3) is 0 Å². The van der Waals surface area contributed by atoms with E-state index in [9.17, 15) is 4.79 Å². The van der Waals surface area contributed by atoms with Crippen LogP contribution in [-0.2, 0) is 11.2 Å². The van der Waals surface area contributed by atoms with Gasteiger partial charge in [0.1, 0.15) is 5.75 Å². The Labute approximate surface area is 179 Å². The highest BCUT2D eigenvalue weighted by atomic mass is 16.5. The van der Waals surface area contributed by atoms with Crippen molar-refractivity contribution in [1.82, 2.24) is 20.4 Å². The minimum absolute atomic E-state index is 0.0234. The number of benzene rings is 1. The van der Waals surface area contributed by atoms with Crippen LogP contribution in [0.4, 0.5) is 0 Å². The van der Waals surface area contributed by atoms with Crippen molar-refractivity contribution in [3.8, 4) is 17.1 Å². The molecule has 2 aromatic rings. The van der Waals surface area contributed by atoms with Crippen LogP contribution in [0.1, 0.15) is 45.9 Å². The van der Waals surface area contributed by atoms with E-state index in [-0.39, 0.29) is 5.91 Å². The summed E-state index contributed by atoms with van der Waals surface area (Å²) in [4.78, 5) is 19.3. The van der Waals surface area contributed by atoms with Crippen LogP contribution < -0.4 is 10.1 Å². The monoisotopic (exact) mass is 414 g/mol. The Bertz CT molecular complexity index is 795. The number of amides is 1. The molecule has 1 aliphatic heterocycles. The SMILES string of the molecule is COc1ccc(-c2noc(CCC(=O)NCC(C(C)C)N3CCC(C)CC3)n2)cc1. The van der Waals surface area contributed by atoms with E-state index in [1.807, 2.05) is 24.3 Å². The van der Waals surface area contributed by atoms with Crippen molar-refractivity contribution in [2.75, 3.05) is 26.7 Å². The molecule has 1 aromatic heterocycles. The highest BCUT2D eigenvalue weighted by Crippen LogP contribution is 2.22. The number of aromatic nitrogens is 2. The standard InChI is InChI=1S/C23H34N4O3/c1-16(2)20(27-13-11-17(3)12-14-27)15-24-21(28)9-10-22-25-23(26-30-22)18-5-7-19(29-4)8-6-18/h5-8,16-17,20H,9-15H2,1-4H3,(H,24,28). The van der Waals surface area contributed by atoms with Crippen molar-refractivity contribution in [2.24, 2.45) is 11.8 Å². The van der Waals surface area contributed by atoms with Crippen LogP contribution in [0.25, 0.3) is 11.4 Å². The molecule has 2 heterocycles. The van der Waals surface area contributed by atoms with Gasteiger partial charge in [-0.2, -0.15) is 4.98 Å². The Morgan fingerprint density at radius 1 is 1.27 bits per heavy atom. The number of likely N-dealkylation sites (tertiary alicyclic amines) is 1. The molecule has 1 N–H and O–H groups in total. The molecule has 0 saturated carbocycles. The lowest BCUT2D eigenvalue weighted by Crippen LogP contribution is -2.49. The summed E-state index contributed by atoms with van der Waals surface area (Å²) in [7, 11) is 1.63. The molecule has 0 aliphatic carbocycles. The van der Waals surface area contributed by atoms with Crippen LogP contribution in [0.15, 0.2) is 28.8 Å². The van der Waals surface area contributed by atoms with Crippen LogP contribution in [0.3, 0.4) is 0 Å². The van der Waals surface area contributed by atoms with Gasteiger partial charge in [-0.3, -0.25) is 9.69 Å². The fourth-order valence-corrected chi connectivity index (χ4v) is 3.89. The molecule has 1 unspecified atom stereocenters. The zero-order valence-electron chi connectivity index (χ0n) is 18.6.